The summed E-state index contributed by atoms with van der Waals surface area (Å²) < 4.78 is 44.2. The zero-order valence-electron chi connectivity index (χ0n) is 25.2. The normalized spacial score (nSPS) is 12.8. The first-order chi connectivity index (χ1) is 16.9. The van der Waals surface area contributed by atoms with E-state index in [1.54, 1.807) is 7.05 Å². The lowest BCUT2D eigenvalue weighted by molar-refractivity contribution is -0.274. The highest BCUT2D eigenvalue weighted by molar-refractivity contribution is 6.91. The average Bonchev–Trinajstić information content (AvgIpc) is 2.71. The molecule has 0 aliphatic rings. The van der Waals surface area contributed by atoms with Crippen molar-refractivity contribution in [3.63, 3.8) is 0 Å². The van der Waals surface area contributed by atoms with Gasteiger partial charge in [-0.05, 0) is 45.4 Å². The zero-order valence-corrected chi connectivity index (χ0v) is 27.2. The van der Waals surface area contributed by atoms with Crippen molar-refractivity contribution >= 4 is 21.8 Å². The molecule has 37 heavy (non-hydrogen) atoms. The lowest BCUT2D eigenvalue weighted by Gasteiger charge is -2.38. The molecule has 0 saturated carbocycles. The number of hydrogen-bond donors (Lipinski definition) is 1. The van der Waals surface area contributed by atoms with Gasteiger partial charge < -0.3 is 10.1 Å². The maximum Gasteiger partial charge on any atom is 0.573 e. The first-order valence-electron chi connectivity index (χ1n) is 13.5. The third-order valence-corrected chi connectivity index (χ3v) is 20.7. The molecule has 0 fully saturated rings. The first kappa shape index (κ1) is 33.2. The molecular formula is C30H48F3NOSi2. The van der Waals surface area contributed by atoms with Crippen molar-refractivity contribution in [2.45, 2.75) is 123 Å². The quantitative estimate of drug-likeness (QED) is 0.256. The summed E-state index contributed by atoms with van der Waals surface area (Å²) in [6.45, 7) is 26.6. The van der Waals surface area contributed by atoms with Gasteiger partial charge >= 0.3 is 6.36 Å². The lowest BCUT2D eigenvalue weighted by Crippen LogP contribution is -2.43. The van der Waals surface area contributed by atoms with Crippen molar-refractivity contribution < 1.29 is 17.9 Å². The Labute approximate surface area is 226 Å². The van der Waals surface area contributed by atoms with Crippen molar-refractivity contribution in [1.82, 2.24) is 0 Å². The Balaban J connectivity index is 4.03. The summed E-state index contributed by atoms with van der Waals surface area (Å²) in [5.74, 6) is 6.37. The van der Waals surface area contributed by atoms with Crippen molar-refractivity contribution in [3.8, 4) is 28.7 Å². The summed E-state index contributed by atoms with van der Waals surface area (Å²) in [6.07, 6.45) is -4.80. The summed E-state index contributed by atoms with van der Waals surface area (Å²) in [5, 5.41) is 3.19. The van der Waals surface area contributed by atoms with E-state index in [2.05, 4.69) is 116 Å². The zero-order chi connectivity index (χ0) is 28.9. The molecule has 7 heteroatoms. The molecule has 1 N–H and O–H groups in total. The number of hydrogen-bond acceptors (Lipinski definition) is 2. The minimum atomic E-state index is -4.80. The number of alkyl halides is 3. The highest BCUT2D eigenvalue weighted by Crippen LogP contribution is 2.42. The van der Waals surface area contributed by atoms with E-state index in [1.165, 1.54) is 12.1 Å². The maximum atomic E-state index is 13.3. The third kappa shape index (κ3) is 7.39. The SMILES string of the molecule is CNc1c(C#C[Si](C(C)C)(C(C)C)C(C)C)cc(OC(F)(F)F)cc1C#C[Si](C(C)C)(C(C)C)C(C)C. The minimum Gasteiger partial charge on any atom is -0.406 e. The van der Waals surface area contributed by atoms with Crippen LogP contribution in [-0.2, 0) is 0 Å². The summed E-state index contributed by atoms with van der Waals surface area (Å²) in [5.41, 5.74) is 11.4. The van der Waals surface area contributed by atoms with E-state index in [9.17, 15) is 13.2 Å². The number of nitrogens with one attached hydrogen (secondary N) is 1. The second-order valence-corrected chi connectivity index (χ2v) is 23.1. The number of ether oxygens (including phenoxy) is 1. The van der Waals surface area contributed by atoms with Gasteiger partial charge in [0.2, 0.25) is 0 Å². The standard InChI is InChI=1S/C30H48F3NOSi2/c1-20(2)36(21(3)4,22(5)6)16-14-26-18-28(35-30(31,32)33)19-27(29(26)34-13)15-17-37(23(7)8,24(9)10)25(11)12/h18-25,34H,1-13H3. The van der Waals surface area contributed by atoms with Crippen LogP contribution in [0.4, 0.5) is 18.9 Å². The van der Waals surface area contributed by atoms with Gasteiger partial charge in [-0.2, -0.15) is 0 Å². The molecule has 0 amide bonds. The lowest BCUT2D eigenvalue weighted by atomic mass is 10.1. The van der Waals surface area contributed by atoms with Gasteiger partial charge in [0, 0.05) is 7.05 Å². The van der Waals surface area contributed by atoms with Gasteiger partial charge in [0.25, 0.3) is 0 Å². The monoisotopic (exact) mass is 551 g/mol. The number of halogens is 3. The van der Waals surface area contributed by atoms with Gasteiger partial charge in [-0.3, -0.25) is 0 Å². The Bertz CT molecular complexity index is 920. The molecule has 0 aromatic heterocycles. The predicted molar refractivity (Wildman–Crippen MR) is 159 cm³/mol. The molecule has 0 radical (unpaired) electrons. The molecule has 0 aliphatic heterocycles. The second-order valence-electron chi connectivity index (χ2n) is 12.0. The van der Waals surface area contributed by atoms with E-state index in [0.717, 1.165) is 0 Å². The second kappa shape index (κ2) is 12.8. The van der Waals surface area contributed by atoms with Gasteiger partial charge in [-0.25, -0.2) is 0 Å². The molecule has 0 atom stereocenters. The maximum absolute atomic E-state index is 13.3. The average molecular weight is 552 g/mol. The highest BCUT2D eigenvalue weighted by atomic mass is 28.3. The van der Waals surface area contributed by atoms with Gasteiger partial charge in [-0.1, -0.05) is 94.9 Å². The van der Waals surface area contributed by atoms with Crippen LogP contribution < -0.4 is 10.1 Å². The number of benzene rings is 1. The minimum absolute atomic E-state index is 0.281. The van der Waals surface area contributed by atoms with Crippen LogP contribution in [0.25, 0.3) is 0 Å². The molecular weight excluding hydrogens is 504 g/mol. The van der Waals surface area contributed by atoms with Gasteiger partial charge in [0.15, 0.2) is 0 Å². The van der Waals surface area contributed by atoms with Crippen LogP contribution in [0.3, 0.4) is 0 Å². The largest absolute Gasteiger partial charge is 0.573 e. The van der Waals surface area contributed by atoms with E-state index in [4.69, 9.17) is 0 Å². The summed E-state index contributed by atoms with van der Waals surface area (Å²) in [7, 11) is -2.43. The van der Waals surface area contributed by atoms with E-state index in [1.807, 2.05) is 0 Å². The van der Waals surface area contributed by atoms with Crippen LogP contribution >= 0.6 is 0 Å². The Morgan fingerprint density at radius 2 is 0.946 bits per heavy atom. The smallest absolute Gasteiger partial charge is 0.406 e. The molecule has 0 bridgehead atoms. The van der Waals surface area contributed by atoms with E-state index in [-0.39, 0.29) is 5.75 Å². The fraction of sp³-hybridized carbons (Fsp3) is 0.667. The Hall–Kier alpha value is -1.84. The van der Waals surface area contributed by atoms with Crippen LogP contribution in [0, 0.1) is 22.9 Å². The van der Waals surface area contributed by atoms with Gasteiger partial charge in [0.1, 0.15) is 21.9 Å². The van der Waals surface area contributed by atoms with Gasteiger partial charge in [0.05, 0.1) is 16.8 Å². The van der Waals surface area contributed by atoms with Gasteiger partial charge in [-0.15, -0.1) is 24.3 Å². The highest BCUT2D eigenvalue weighted by Gasteiger charge is 2.43. The molecule has 208 valence electrons. The van der Waals surface area contributed by atoms with E-state index in [0.29, 0.717) is 50.1 Å². The topological polar surface area (TPSA) is 21.3 Å². The Kier molecular flexibility index (Phi) is 11.5. The fourth-order valence-corrected chi connectivity index (χ4v) is 16.9. The molecule has 1 aromatic carbocycles. The molecule has 0 saturated heterocycles. The third-order valence-electron chi connectivity index (χ3n) is 8.15. The van der Waals surface area contributed by atoms with Crippen LogP contribution in [-0.4, -0.2) is 29.6 Å². The van der Waals surface area contributed by atoms with Crippen LogP contribution in [0.15, 0.2) is 12.1 Å². The van der Waals surface area contributed by atoms with Crippen LogP contribution in [0.1, 0.15) is 94.2 Å². The molecule has 1 rings (SSSR count). The number of rotatable bonds is 8. The fourth-order valence-electron chi connectivity index (χ4n) is 6.49. The number of anilines is 1. The molecule has 1 aromatic rings. The summed E-state index contributed by atoms with van der Waals surface area (Å²) >= 11 is 0. The molecule has 2 nitrogen and oxygen atoms in total. The van der Waals surface area contributed by atoms with Crippen LogP contribution in [0.5, 0.6) is 5.75 Å². The summed E-state index contributed by atoms with van der Waals surface area (Å²) in [6, 6.07) is 2.80. The van der Waals surface area contributed by atoms with E-state index < -0.39 is 22.5 Å². The Morgan fingerprint density at radius 3 is 1.16 bits per heavy atom. The molecule has 0 unspecified atom stereocenters. The van der Waals surface area contributed by atoms with Crippen molar-refractivity contribution in [1.29, 1.82) is 0 Å². The van der Waals surface area contributed by atoms with E-state index >= 15 is 0 Å². The summed E-state index contributed by atoms with van der Waals surface area (Å²) in [4.78, 5) is 0. The predicted octanol–water partition coefficient (Wildman–Crippen LogP) is 9.77. The Morgan fingerprint density at radius 1 is 0.649 bits per heavy atom. The molecule has 0 spiro atoms. The van der Waals surface area contributed by atoms with Crippen molar-refractivity contribution in [2.75, 3.05) is 12.4 Å². The first-order valence-corrected chi connectivity index (χ1v) is 18.0. The van der Waals surface area contributed by atoms with Crippen LogP contribution in [0.2, 0.25) is 33.2 Å². The molecule has 0 aliphatic carbocycles. The van der Waals surface area contributed by atoms with Crippen molar-refractivity contribution in [2.24, 2.45) is 0 Å². The van der Waals surface area contributed by atoms with Crippen molar-refractivity contribution in [3.05, 3.63) is 23.3 Å². The molecule has 0 heterocycles.